The van der Waals surface area contributed by atoms with Gasteiger partial charge in [0.05, 0.1) is 0 Å². The predicted octanol–water partition coefficient (Wildman–Crippen LogP) is 1.91. The van der Waals surface area contributed by atoms with Crippen LogP contribution in [-0.2, 0) is 4.79 Å². The molecule has 0 aliphatic heterocycles. The van der Waals surface area contributed by atoms with Gasteiger partial charge in [0, 0.05) is 19.0 Å². The summed E-state index contributed by atoms with van der Waals surface area (Å²) in [5, 5.41) is 2.96. The molecule has 2 atom stereocenters. The molecule has 0 saturated heterocycles. The summed E-state index contributed by atoms with van der Waals surface area (Å²) in [5.74, 6) is 1.32. The second-order valence-corrected chi connectivity index (χ2v) is 4.89. The van der Waals surface area contributed by atoms with Crippen LogP contribution in [0.5, 0.6) is 0 Å². The van der Waals surface area contributed by atoms with Crippen molar-refractivity contribution >= 4 is 5.91 Å². The average Bonchev–Trinajstić information content (AvgIpc) is 2.13. The number of hydrogen-bond acceptors (Lipinski definition) is 2. The van der Waals surface area contributed by atoms with E-state index >= 15 is 0 Å². The second kappa shape index (κ2) is 7.69. The van der Waals surface area contributed by atoms with Crippen molar-refractivity contribution in [2.24, 2.45) is 17.6 Å². The topological polar surface area (TPSA) is 55.1 Å². The van der Waals surface area contributed by atoms with Crippen molar-refractivity contribution in [2.45, 2.75) is 53.0 Å². The zero-order valence-corrected chi connectivity index (χ0v) is 10.5. The number of nitrogens with two attached hydrogens (primary N) is 1. The molecule has 0 heterocycles. The Morgan fingerprint density at radius 2 is 1.87 bits per heavy atom. The maximum absolute atomic E-state index is 11.4. The predicted molar refractivity (Wildman–Crippen MR) is 64.5 cm³/mol. The highest BCUT2D eigenvalue weighted by Gasteiger charge is 2.08. The summed E-state index contributed by atoms with van der Waals surface area (Å²) in [4.78, 5) is 11.4. The van der Waals surface area contributed by atoms with Gasteiger partial charge in [0.15, 0.2) is 0 Å². The van der Waals surface area contributed by atoms with Crippen LogP contribution in [0.1, 0.15) is 47.0 Å². The first kappa shape index (κ1) is 14.4. The first-order valence-electron chi connectivity index (χ1n) is 5.95. The van der Waals surface area contributed by atoms with Gasteiger partial charge in [-0.25, -0.2) is 0 Å². The molecule has 0 rings (SSSR count). The third kappa shape index (κ3) is 8.43. The highest BCUT2D eigenvalue weighted by atomic mass is 16.1. The molecule has 0 aliphatic rings. The van der Waals surface area contributed by atoms with Gasteiger partial charge in [-0.05, 0) is 31.6 Å². The van der Waals surface area contributed by atoms with Gasteiger partial charge in [0.2, 0.25) is 5.91 Å². The molecule has 0 fully saturated rings. The number of carbonyl (C=O) groups excluding carboxylic acids is 1. The molecule has 15 heavy (non-hydrogen) atoms. The molecule has 3 N–H and O–H groups in total. The Morgan fingerprint density at radius 1 is 1.27 bits per heavy atom. The Morgan fingerprint density at radius 3 is 2.33 bits per heavy atom. The summed E-state index contributed by atoms with van der Waals surface area (Å²) < 4.78 is 0. The molecule has 90 valence electrons. The van der Waals surface area contributed by atoms with E-state index in [2.05, 4.69) is 26.1 Å². The van der Waals surface area contributed by atoms with Crippen LogP contribution in [0.2, 0.25) is 0 Å². The molecule has 0 radical (unpaired) electrons. The van der Waals surface area contributed by atoms with Crippen molar-refractivity contribution in [1.82, 2.24) is 5.32 Å². The first-order chi connectivity index (χ1) is 6.93. The van der Waals surface area contributed by atoms with Crippen molar-refractivity contribution in [3.8, 4) is 0 Å². The maximum Gasteiger partial charge on any atom is 0.220 e. The van der Waals surface area contributed by atoms with Crippen LogP contribution in [0.3, 0.4) is 0 Å². The Hall–Kier alpha value is -0.570. The highest BCUT2D eigenvalue weighted by molar-refractivity contribution is 5.75. The zero-order valence-electron chi connectivity index (χ0n) is 10.5. The fraction of sp³-hybridized carbons (Fsp3) is 0.917. The van der Waals surface area contributed by atoms with E-state index in [4.69, 9.17) is 5.73 Å². The SMILES string of the molecule is CC(N)CCCC(=O)NCC(C)C(C)C. The van der Waals surface area contributed by atoms with Crippen molar-refractivity contribution in [3.63, 3.8) is 0 Å². The molecule has 0 aromatic heterocycles. The van der Waals surface area contributed by atoms with Crippen LogP contribution in [0.4, 0.5) is 0 Å². The summed E-state index contributed by atoms with van der Waals surface area (Å²) in [5.41, 5.74) is 5.61. The summed E-state index contributed by atoms with van der Waals surface area (Å²) in [6.07, 6.45) is 2.42. The van der Waals surface area contributed by atoms with Crippen molar-refractivity contribution in [2.75, 3.05) is 6.54 Å². The normalized spacial score (nSPS) is 15.1. The third-order valence-electron chi connectivity index (χ3n) is 2.82. The molecule has 0 bridgehead atoms. The first-order valence-corrected chi connectivity index (χ1v) is 5.95. The van der Waals surface area contributed by atoms with Crippen LogP contribution < -0.4 is 11.1 Å². The zero-order chi connectivity index (χ0) is 11.8. The fourth-order valence-electron chi connectivity index (χ4n) is 1.18. The van der Waals surface area contributed by atoms with E-state index in [-0.39, 0.29) is 11.9 Å². The minimum atomic E-state index is 0.156. The number of hydrogen-bond donors (Lipinski definition) is 2. The third-order valence-corrected chi connectivity index (χ3v) is 2.82. The summed E-state index contributed by atoms with van der Waals surface area (Å²) >= 11 is 0. The molecule has 0 aliphatic carbocycles. The van der Waals surface area contributed by atoms with E-state index in [9.17, 15) is 4.79 Å². The average molecular weight is 214 g/mol. The molecule has 0 saturated carbocycles. The van der Waals surface area contributed by atoms with Crippen molar-refractivity contribution < 1.29 is 4.79 Å². The van der Waals surface area contributed by atoms with Gasteiger partial charge in [0.1, 0.15) is 0 Å². The van der Waals surface area contributed by atoms with Gasteiger partial charge < -0.3 is 11.1 Å². The quantitative estimate of drug-likeness (QED) is 0.680. The molecule has 0 aromatic carbocycles. The largest absolute Gasteiger partial charge is 0.356 e. The minimum absolute atomic E-state index is 0.156. The van der Waals surface area contributed by atoms with Crippen LogP contribution in [0, 0.1) is 11.8 Å². The number of amides is 1. The van der Waals surface area contributed by atoms with E-state index in [1.807, 2.05) is 6.92 Å². The van der Waals surface area contributed by atoms with Gasteiger partial charge in [-0.15, -0.1) is 0 Å². The minimum Gasteiger partial charge on any atom is -0.356 e. The maximum atomic E-state index is 11.4. The summed E-state index contributed by atoms with van der Waals surface area (Å²) in [7, 11) is 0. The molecule has 0 aromatic rings. The van der Waals surface area contributed by atoms with Gasteiger partial charge in [-0.2, -0.15) is 0 Å². The van der Waals surface area contributed by atoms with E-state index < -0.39 is 0 Å². The Labute approximate surface area is 93.8 Å². The standard InChI is InChI=1S/C12H26N2O/c1-9(2)10(3)8-14-12(15)7-5-6-11(4)13/h9-11H,5-8,13H2,1-4H3,(H,14,15). The molecular weight excluding hydrogens is 188 g/mol. The Bertz CT molecular complexity index is 178. The number of rotatable bonds is 7. The van der Waals surface area contributed by atoms with Gasteiger partial charge in [0.25, 0.3) is 0 Å². The van der Waals surface area contributed by atoms with Crippen LogP contribution >= 0.6 is 0 Å². The van der Waals surface area contributed by atoms with Crippen LogP contribution in [0.15, 0.2) is 0 Å². The number of carbonyl (C=O) groups is 1. The molecule has 0 spiro atoms. The van der Waals surface area contributed by atoms with Gasteiger partial charge in [-0.3, -0.25) is 4.79 Å². The van der Waals surface area contributed by atoms with E-state index in [0.717, 1.165) is 19.4 Å². The summed E-state index contributed by atoms with van der Waals surface area (Å²) in [6, 6.07) is 0.201. The monoisotopic (exact) mass is 214 g/mol. The highest BCUT2D eigenvalue weighted by Crippen LogP contribution is 2.07. The van der Waals surface area contributed by atoms with E-state index in [0.29, 0.717) is 18.3 Å². The molecule has 1 amide bonds. The lowest BCUT2D eigenvalue weighted by atomic mass is 9.98. The lowest BCUT2D eigenvalue weighted by Crippen LogP contribution is -2.30. The van der Waals surface area contributed by atoms with E-state index in [1.54, 1.807) is 0 Å². The van der Waals surface area contributed by atoms with E-state index in [1.165, 1.54) is 0 Å². The van der Waals surface area contributed by atoms with Crippen molar-refractivity contribution in [1.29, 1.82) is 0 Å². The second-order valence-electron chi connectivity index (χ2n) is 4.89. The molecule has 3 nitrogen and oxygen atoms in total. The lowest BCUT2D eigenvalue weighted by molar-refractivity contribution is -0.121. The molecular formula is C12H26N2O. The fourth-order valence-corrected chi connectivity index (χ4v) is 1.18. The lowest BCUT2D eigenvalue weighted by Gasteiger charge is -2.16. The van der Waals surface area contributed by atoms with Gasteiger partial charge in [-0.1, -0.05) is 20.8 Å². The smallest absolute Gasteiger partial charge is 0.220 e. The van der Waals surface area contributed by atoms with Crippen LogP contribution in [-0.4, -0.2) is 18.5 Å². The molecule has 2 unspecified atom stereocenters. The van der Waals surface area contributed by atoms with Crippen LogP contribution in [0.25, 0.3) is 0 Å². The van der Waals surface area contributed by atoms with Gasteiger partial charge >= 0.3 is 0 Å². The Kier molecular flexibility index (Phi) is 7.39. The van der Waals surface area contributed by atoms with Crippen molar-refractivity contribution in [3.05, 3.63) is 0 Å². The molecule has 3 heteroatoms. The summed E-state index contributed by atoms with van der Waals surface area (Å²) in [6.45, 7) is 9.26. The number of nitrogens with one attached hydrogen (secondary N) is 1. The Balaban J connectivity index is 3.49.